The predicted molar refractivity (Wildman–Crippen MR) is 84.7 cm³/mol. The number of rotatable bonds is 6. The number of carbonyl (C=O) groups excluding carboxylic acids is 1. The summed E-state index contributed by atoms with van der Waals surface area (Å²) < 4.78 is 4.97. The molecule has 122 valence electrons. The van der Waals surface area contributed by atoms with E-state index >= 15 is 0 Å². The highest BCUT2D eigenvalue weighted by atomic mass is 16.5. The first-order valence-electron chi connectivity index (χ1n) is 7.55. The zero-order valence-corrected chi connectivity index (χ0v) is 13.8. The van der Waals surface area contributed by atoms with E-state index in [0.717, 1.165) is 36.7 Å². The molecule has 7 heteroatoms. The van der Waals surface area contributed by atoms with Crippen molar-refractivity contribution < 1.29 is 9.53 Å². The number of anilines is 1. The summed E-state index contributed by atoms with van der Waals surface area (Å²) in [4.78, 5) is 25.3. The van der Waals surface area contributed by atoms with Crippen LogP contribution in [-0.2, 0) is 16.1 Å². The first kappa shape index (κ1) is 16.6. The first-order valence-corrected chi connectivity index (χ1v) is 7.55. The average Bonchev–Trinajstić information content (AvgIpc) is 2.97. The van der Waals surface area contributed by atoms with Gasteiger partial charge in [0.15, 0.2) is 5.82 Å². The number of likely N-dealkylation sites (tertiary alicyclic amines) is 1. The van der Waals surface area contributed by atoms with Gasteiger partial charge in [-0.15, -0.1) is 0 Å². The Labute approximate surface area is 131 Å². The fourth-order valence-electron chi connectivity index (χ4n) is 2.69. The van der Waals surface area contributed by atoms with Crippen LogP contribution in [0.25, 0.3) is 0 Å². The van der Waals surface area contributed by atoms with Gasteiger partial charge in [-0.25, -0.2) is 9.97 Å². The highest BCUT2D eigenvalue weighted by molar-refractivity contribution is 5.78. The highest BCUT2D eigenvalue weighted by Crippen LogP contribution is 2.31. The van der Waals surface area contributed by atoms with Gasteiger partial charge in [0.05, 0.1) is 11.7 Å². The zero-order valence-electron chi connectivity index (χ0n) is 13.8. The molecule has 2 rings (SSSR count). The Bertz CT molecular complexity index is 521. The Morgan fingerprint density at radius 2 is 2.27 bits per heavy atom. The number of methoxy groups -OCH3 is 1. The van der Waals surface area contributed by atoms with E-state index < -0.39 is 0 Å². The summed E-state index contributed by atoms with van der Waals surface area (Å²) in [7, 11) is 7.34. The van der Waals surface area contributed by atoms with Crippen molar-refractivity contribution in [2.24, 2.45) is 0 Å². The molecule has 1 saturated heterocycles. The molecule has 0 unspecified atom stereocenters. The lowest BCUT2D eigenvalue weighted by atomic mass is 10.2. The summed E-state index contributed by atoms with van der Waals surface area (Å²) in [6.07, 6.45) is 1.86. The maximum atomic E-state index is 12.2. The van der Waals surface area contributed by atoms with Crippen LogP contribution in [0.4, 0.5) is 5.82 Å². The number of aromatic nitrogens is 2. The lowest BCUT2D eigenvalue weighted by Gasteiger charge is -2.24. The van der Waals surface area contributed by atoms with Crippen LogP contribution in [-0.4, -0.2) is 62.2 Å². The lowest BCUT2D eigenvalue weighted by molar-refractivity contribution is -0.136. The number of carbonyl (C=O) groups is 1. The van der Waals surface area contributed by atoms with E-state index in [2.05, 4.69) is 15.3 Å². The van der Waals surface area contributed by atoms with Crippen LogP contribution < -0.4 is 10.2 Å². The van der Waals surface area contributed by atoms with Crippen molar-refractivity contribution in [3.8, 4) is 0 Å². The SMILES string of the molecule is CNCc1cc(N(C)C)nc([C@H]2CCCN2C(=O)COC)n1. The molecule has 0 radical (unpaired) electrons. The van der Waals surface area contributed by atoms with E-state index in [1.165, 1.54) is 7.11 Å². The van der Waals surface area contributed by atoms with E-state index in [4.69, 9.17) is 4.74 Å². The van der Waals surface area contributed by atoms with Gasteiger partial charge in [0.2, 0.25) is 5.91 Å². The summed E-state index contributed by atoms with van der Waals surface area (Å²) in [6, 6.07) is 1.91. The minimum atomic E-state index is -0.0573. The quantitative estimate of drug-likeness (QED) is 0.828. The number of hydrogen-bond donors (Lipinski definition) is 1. The summed E-state index contributed by atoms with van der Waals surface area (Å²) in [5, 5.41) is 3.11. The summed E-state index contributed by atoms with van der Waals surface area (Å²) in [5.74, 6) is 1.58. The number of hydrogen-bond acceptors (Lipinski definition) is 6. The third-order valence-corrected chi connectivity index (χ3v) is 3.74. The zero-order chi connectivity index (χ0) is 16.1. The van der Waals surface area contributed by atoms with Crippen molar-refractivity contribution >= 4 is 11.7 Å². The van der Waals surface area contributed by atoms with Crippen molar-refractivity contribution in [1.29, 1.82) is 0 Å². The van der Waals surface area contributed by atoms with Gasteiger partial charge in [0.25, 0.3) is 0 Å². The molecule has 1 atom stereocenters. The van der Waals surface area contributed by atoms with E-state index in [9.17, 15) is 4.79 Å². The molecule has 0 aromatic carbocycles. The standard InChI is InChI=1S/C15H25N5O2/c1-16-9-11-8-13(19(2)3)18-15(17-11)12-6-5-7-20(12)14(21)10-22-4/h8,12,16H,5-7,9-10H2,1-4H3/t12-/m1/s1. The molecule has 1 aliphatic rings. The van der Waals surface area contributed by atoms with E-state index in [1.54, 1.807) is 0 Å². The van der Waals surface area contributed by atoms with Gasteiger partial charge in [0.1, 0.15) is 12.4 Å². The number of nitrogens with one attached hydrogen (secondary N) is 1. The Morgan fingerprint density at radius 1 is 1.50 bits per heavy atom. The third kappa shape index (κ3) is 3.72. The second-order valence-corrected chi connectivity index (χ2v) is 5.68. The smallest absolute Gasteiger partial charge is 0.249 e. The predicted octanol–water partition coefficient (Wildman–Crippen LogP) is 0.572. The van der Waals surface area contributed by atoms with Crippen molar-refractivity contribution in [3.05, 3.63) is 17.6 Å². The van der Waals surface area contributed by atoms with E-state index in [-0.39, 0.29) is 18.6 Å². The second-order valence-electron chi connectivity index (χ2n) is 5.68. The van der Waals surface area contributed by atoms with Crippen molar-refractivity contribution in [3.63, 3.8) is 0 Å². The molecule has 2 heterocycles. The highest BCUT2D eigenvalue weighted by Gasteiger charge is 2.32. The molecule has 1 fully saturated rings. The van der Waals surface area contributed by atoms with E-state index in [0.29, 0.717) is 6.54 Å². The number of amides is 1. The minimum Gasteiger partial charge on any atom is -0.375 e. The summed E-state index contributed by atoms with van der Waals surface area (Å²) in [5.41, 5.74) is 0.933. The number of ether oxygens (including phenoxy) is 1. The molecular formula is C15H25N5O2. The Hall–Kier alpha value is -1.73. The van der Waals surface area contributed by atoms with Crippen molar-refractivity contribution in [2.45, 2.75) is 25.4 Å². The molecule has 22 heavy (non-hydrogen) atoms. The normalized spacial score (nSPS) is 17.8. The fourth-order valence-corrected chi connectivity index (χ4v) is 2.69. The lowest BCUT2D eigenvalue weighted by Crippen LogP contribution is -2.34. The van der Waals surface area contributed by atoms with Crippen LogP contribution in [0.5, 0.6) is 0 Å². The summed E-state index contributed by atoms with van der Waals surface area (Å²) in [6.45, 7) is 1.52. The average molecular weight is 307 g/mol. The van der Waals surface area contributed by atoms with Gasteiger partial charge in [0, 0.05) is 40.4 Å². The van der Waals surface area contributed by atoms with Crippen LogP contribution >= 0.6 is 0 Å². The van der Waals surface area contributed by atoms with Crippen LogP contribution in [0.2, 0.25) is 0 Å². The van der Waals surface area contributed by atoms with Crippen LogP contribution in [0.15, 0.2) is 6.07 Å². The molecule has 1 N–H and O–H groups in total. The third-order valence-electron chi connectivity index (χ3n) is 3.74. The maximum absolute atomic E-state index is 12.2. The molecule has 1 aliphatic heterocycles. The van der Waals surface area contributed by atoms with Gasteiger partial charge in [-0.1, -0.05) is 0 Å². The molecule has 1 aromatic rings. The Morgan fingerprint density at radius 3 is 2.91 bits per heavy atom. The molecule has 1 aromatic heterocycles. The van der Waals surface area contributed by atoms with Gasteiger partial charge >= 0.3 is 0 Å². The molecule has 0 spiro atoms. The van der Waals surface area contributed by atoms with Crippen LogP contribution in [0, 0.1) is 0 Å². The fraction of sp³-hybridized carbons (Fsp3) is 0.667. The largest absolute Gasteiger partial charge is 0.375 e. The molecule has 7 nitrogen and oxygen atoms in total. The van der Waals surface area contributed by atoms with Gasteiger partial charge < -0.3 is 19.9 Å². The summed E-state index contributed by atoms with van der Waals surface area (Å²) >= 11 is 0. The molecular weight excluding hydrogens is 282 g/mol. The monoisotopic (exact) mass is 307 g/mol. The molecule has 1 amide bonds. The Kier molecular flexibility index (Phi) is 5.68. The van der Waals surface area contributed by atoms with E-state index in [1.807, 2.05) is 37.0 Å². The van der Waals surface area contributed by atoms with Gasteiger partial charge in [-0.05, 0) is 19.9 Å². The molecule has 0 bridgehead atoms. The van der Waals surface area contributed by atoms with Crippen LogP contribution in [0.1, 0.15) is 30.4 Å². The van der Waals surface area contributed by atoms with Crippen LogP contribution in [0.3, 0.4) is 0 Å². The topological polar surface area (TPSA) is 70.6 Å². The van der Waals surface area contributed by atoms with Gasteiger partial charge in [-0.3, -0.25) is 4.79 Å². The molecule has 0 aliphatic carbocycles. The van der Waals surface area contributed by atoms with Gasteiger partial charge in [-0.2, -0.15) is 0 Å². The number of nitrogens with zero attached hydrogens (tertiary/aromatic N) is 4. The van der Waals surface area contributed by atoms with Crippen molar-refractivity contribution in [2.75, 3.05) is 46.3 Å². The first-order chi connectivity index (χ1) is 10.6. The minimum absolute atomic E-state index is 0.000905. The maximum Gasteiger partial charge on any atom is 0.249 e. The second kappa shape index (κ2) is 7.51. The van der Waals surface area contributed by atoms with Crippen molar-refractivity contribution in [1.82, 2.24) is 20.2 Å². The molecule has 0 saturated carbocycles. The Balaban J connectivity index is 2.31.